The summed E-state index contributed by atoms with van der Waals surface area (Å²) in [4.78, 5) is 1.77. The number of nitrogens with zero attached hydrogens (tertiary/aromatic N) is 3. The molecule has 1 aliphatic heterocycles. The number of halogens is 3. The molecule has 0 unspecified atom stereocenters. The molecule has 4 nitrogen and oxygen atoms in total. The van der Waals surface area contributed by atoms with E-state index in [1.807, 2.05) is 38.1 Å². The van der Waals surface area contributed by atoms with Crippen molar-refractivity contribution in [2.75, 3.05) is 13.1 Å². The Balaban J connectivity index is 1.73. The topological polar surface area (TPSA) is 42.2 Å². The average Bonchev–Trinajstić information content (AvgIpc) is 3.04. The highest BCUT2D eigenvalue weighted by Crippen LogP contribution is 2.36. The Kier molecular flexibility index (Phi) is 4.62. The van der Waals surface area contributed by atoms with Gasteiger partial charge in [0.1, 0.15) is 0 Å². The molecule has 1 saturated heterocycles. The van der Waals surface area contributed by atoms with Gasteiger partial charge < -0.3 is 4.42 Å². The number of aromatic nitrogens is 2. The highest BCUT2D eigenvalue weighted by Gasteiger charge is 2.43. The van der Waals surface area contributed by atoms with Gasteiger partial charge in [0.25, 0.3) is 0 Å². The quantitative estimate of drug-likeness (QED) is 0.832. The lowest BCUT2D eigenvalue weighted by Crippen LogP contribution is -2.42. The molecule has 0 aliphatic carbocycles. The number of alkyl halides is 3. The van der Waals surface area contributed by atoms with Crippen molar-refractivity contribution in [3.8, 4) is 11.5 Å². The minimum atomic E-state index is -4.15. The van der Waals surface area contributed by atoms with Gasteiger partial charge >= 0.3 is 6.18 Å². The highest BCUT2D eigenvalue weighted by molar-refractivity contribution is 5.52. The molecule has 1 fully saturated rings. The Morgan fingerprint density at radius 2 is 1.92 bits per heavy atom. The largest absolute Gasteiger partial charge is 0.419 e. The Morgan fingerprint density at radius 3 is 2.58 bits per heavy atom. The van der Waals surface area contributed by atoms with E-state index in [4.69, 9.17) is 4.42 Å². The average molecular weight is 339 g/mol. The molecule has 130 valence electrons. The van der Waals surface area contributed by atoms with Crippen LogP contribution in [0.25, 0.3) is 11.5 Å². The van der Waals surface area contributed by atoms with Crippen LogP contribution in [0.3, 0.4) is 0 Å². The second kappa shape index (κ2) is 6.55. The predicted octanol–water partition coefficient (Wildman–Crippen LogP) is 4.38. The number of hydrogen-bond acceptors (Lipinski definition) is 4. The van der Waals surface area contributed by atoms with Gasteiger partial charge in [-0.15, -0.1) is 10.2 Å². The second-order valence-electron chi connectivity index (χ2n) is 6.36. The monoisotopic (exact) mass is 339 g/mol. The normalized spacial score (nSPS) is 21.0. The zero-order valence-corrected chi connectivity index (χ0v) is 13.7. The van der Waals surface area contributed by atoms with Crippen LogP contribution in [0, 0.1) is 12.8 Å². The second-order valence-corrected chi connectivity index (χ2v) is 6.36. The molecule has 1 aromatic heterocycles. The van der Waals surface area contributed by atoms with E-state index in [0.29, 0.717) is 24.7 Å². The van der Waals surface area contributed by atoms with Gasteiger partial charge in [-0.25, -0.2) is 0 Å². The molecule has 0 bridgehead atoms. The van der Waals surface area contributed by atoms with Crippen LogP contribution in [-0.2, 0) is 0 Å². The SMILES string of the molecule is Cc1ccc(-c2nnc([C@@H](C)N3CCC[C@H](C(F)(F)F)C3)o2)cc1. The fraction of sp³-hybridized carbons (Fsp3) is 0.529. The summed E-state index contributed by atoms with van der Waals surface area (Å²) < 4.78 is 44.6. The van der Waals surface area contributed by atoms with Crippen molar-refractivity contribution in [2.45, 2.75) is 38.9 Å². The van der Waals surface area contributed by atoms with Crippen LogP contribution in [0.2, 0.25) is 0 Å². The van der Waals surface area contributed by atoms with E-state index >= 15 is 0 Å². The van der Waals surface area contributed by atoms with Crippen molar-refractivity contribution in [1.29, 1.82) is 0 Å². The molecule has 24 heavy (non-hydrogen) atoms. The minimum absolute atomic E-state index is 0.0209. The zero-order valence-electron chi connectivity index (χ0n) is 13.7. The fourth-order valence-electron chi connectivity index (χ4n) is 3.00. The number of benzene rings is 1. The summed E-state index contributed by atoms with van der Waals surface area (Å²) in [5.41, 5.74) is 1.93. The number of hydrogen-bond donors (Lipinski definition) is 0. The maximum absolute atomic E-state index is 13.0. The van der Waals surface area contributed by atoms with E-state index < -0.39 is 12.1 Å². The number of likely N-dealkylation sites (tertiary alicyclic amines) is 1. The van der Waals surface area contributed by atoms with Crippen LogP contribution < -0.4 is 0 Å². The van der Waals surface area contributed by atoms with Crippen LogP contribution in [-0.4, -0.2) is 34.4 Å². The zero-order chi connectivity index (χ0) is 17.3. The van der Waals surface area contributed by atoms with E-state index in [-0.39, 0.29) is 19.0 Å². The van der Waals surface area contributed by atoms with Crippen molar-refractivity contribution >= 4 is 0 Å². The van der Waals surface area contributed by atoms with E-state index in [9.17, 15) is 13.2 Å². The third kappa shape index (κ3) is 3.61. The van der Waals surface area contributed by atoms with Gasteiger partial charge in [0, 0.05) is 12.1 Å². The number of aryl methyl sites for hydroxylation is 1. The molecule has 0 N–H and O–H groups in total. The summed E-state index contributed by atoms with van der Waals surface area (Å²) in [6.45, 7) is 4.38. The summed E-state index contributed by atoms with van der Waals surface area (Å²) in [7, 11) is 0. The van der Waals surface area contributed by atoms with Crippen LogP contribution in [0.5, 0.6) is 0 Å². The van der Waals surface area contributed by atoms with Crippen molar-refractivity contribution in [1.82, 2.24) is 15.1 Å². The molecule has 2 aromatic rings. The molecule has 0 amide bonds. The Labute approximate surface area is 138 Å². The van der Waals surface area contributed by atoms with Crippen molar-refractivity contribution in [3.63, 3.8) is 0 Å². The Bertz CT molecular complexity index is 681. The fourth-order valence-corrected chi connectivity index (χ4v) is 3.00. The summed E-state index contributed by atoms with van der Waals surface area (Å²) in [5.74, 6) is -0.539. The Hall–Kier alpha value is -1.89. The van der Waals surface area contributed by atoms with Crippen molar-refractivity contribution < 1.29 is 17.6 Å². The number of piperidine rings is 1. The van der Waals surface area contributed by atoms with E-state index in [2.05, 4.69) is 10.2 Å². The molecule has 0 radical (unpaired) electrons. The van der Waals surface area contributed by atoms with Crippen molar-refractivity contribution in [2.24, 2.45) is 5.92 Å². The molecule has 2 heterocycles. The molecular weight excluding hydrogens is 319 g/mol. The smallest absolute Gasteiger partial charge is 0.393 e. The van der Waals surface area contributed by atoms with E-state index in [0.717, 1.165) is 11.1 Å². The maximum atomic E-state index is 13.0. The van der Waals surface area contributed by atoms with Gasteiger partial charge in [-0.2, -0.15) is 13.2 Å². The van der Waals surface area contributed by atoms with Gasteiger partial charge in [-0.1, -0.05) is 17.7 Å². The van der Waals surface area contributed by atoms with Gasteiger partial charge in [0.05, 0.1) is 12.0 Å². The predicted molar refractivity (Wildman–Crippen MR) is 83.2 cm³/mol. The molecule has 3 rings (SSSR count). The van der Waals surface area contributed by atoms with Gasteiger partial charge in [-0.05, 0) is 45.4 Å². The summed E-state index contributed by atoms with van der Waals surface area (Å²) >= 11 is 0. The van der Waals surface area contributed by atoms with E-state index in [1.165, 1.54) is 0 Å². The first-order chi connectivity index (χ1) is 11.3. The maximum Gasteiger partial charge on any atom is 0.393 e. The molecule has 0 spiro atoms. The van der Waals surface area contributed by atoms with Crippen molar-refractivity contribution in [3.05, 3.63) is 35.7 Å². The van der Waals surface area contributed by atoms with Gasteiger partial charge in [0.2, 0.25) is 11.8 Å². The molecule has 7 heteroatoms. The first-order valence-corrected chi connectivity index (χ1v) is 8.06. The lowest BCUT2D eigenvalue weighted by atomic mass is 9.96. The first kappa shape index (κ1) is 17.0. The van der Waals surface area contributed by atoms with Crippen LogP contribution >= 0.6 is 0 Å². The number of rotatable bonds is 3. The lowest BCUT2D eigenvalue weighted by molar-refractivity contribution is -0.188. The molecule has 0 saturated carbocycles. The van der Waals surface area contributed by atoms with Crippen LogP contribution in [0.1, 0.15) is 37.3 Å². The molecule has 1 aliphatic rings. The summed E-state index contributed by atoms with van der Waals surface area (Å²) in [5, 5.41) is 8.07. The van der Waals surface area contributed by atoms with Gasteiger partial charge in [0.15, 0.2) is 0 Å². The molecule has 2 atom stereocenters. The molecular formula is C17H20F3N3O. The highest BCUT2D eigenvalue weighted by atomic mass is 19.4. The van der Waals surface area contributed by atoms with E-state index in [1.54, 1.807) is 4.90 Å². The lowest BCUT2D eigenvalue weighted by Gasteiger charge is -2.36. The van der Waals surface area contributed by atoms with Crippen LogP contribution in [0.15, 0.2) is 28.7 Å². The first-order valence-electron chi connectivity index (χ1n) is 8.06. The minimum Gasteiger partial charge on any atom is -0.419 e. The third-order valence-electron chi connectivity index (χ3n) is 4.56. The van der Waals surface area contributed by atoms with Gasteiger partial charge in [-0.3, -0.25) is 4.90 Å². The Morgan fingerprint density at radius 1 is 1.21 bits per heavy atom. The summed E-state index contributed by atoms with van der Waals surface area (Å²) in [6.07, 6.45) is -3.45. The summed E-state index contributed by atoms with van der Waals surface area (Å²) in [6, 6.07) is 7.33. The molecule has 1 aromatic carbocycles. The van der Waals surface area contributed by atoms with Crippen LogP contribution in [0.4, 0.5) is 13.2 Å². The third-order valence-corrected chi connectivity index (χ3v) is 4.56. The standard InChI is InChI=1S/C17H20F3N3O/c1-11-5-7-13(8-6-11)16-22-21-15(24-16)12(2)23-9-3-4-14(10-23)17(18,19)20/h5-8,12,14H,3-4,9-10H2,1-2H3/t12-,14+/m1/s1.